The minimum atomic E-state index is -3.12. The Kier molecular flexibility index (Phi) is 4.55. The van der Waals surface area contributed by atoms with Gasteiger partial charge in [-0.3, -0.25) is 4.79 Å². The van der Waals surface area contributed by atoms with Gasteiger partial charge in [-0.05, 0) is 33.1 Å². The molecule has 5 nitrogen and oxygen atoms in total. The summed E-state index contributed by atoms with van der Waals surface area (Å²) >= 11 is 0. The van der Waals surface area contributed by atoms with Crippen LogP contribution in [0.4, 0.5) is 0 Å². The molecular formula is C11H22N2O3S. The second-order valence-corrected chi connectivity index (χ2v) is 7.90. The van der Waals surface area contributed by atoms with Crippen molar-refractivity contribution < 1.29 is 13.2 Å². The average Bonchev–Trinajstić information content (AvgIpc) is 2.38. The van der Waals surface area contributed by atoms with Crippen LogP contribution in [0.15, 0.2) is 0 Å². The summed E-state index contributed by atoms with van der Waals surface area (Å²) in [6, 6.07) is -0.265. The maximum Gasteiger partial charge on any atom is 0.237 e. The summed E-state index contributed by atoms with van der Waals surface area (Å²) in [5, 5.41) is 5.89. The third kappa shape index (κ3) is 3.96. The van der Waals surface area contributed by atoms with E-state index in [9.17, 15) is 13.2 Å². The molecule has 0 spiro atoms. The molecule has 0 bridgehead atoms. The summed E-state index contributed by atoms with van der Waals surface area (Å²) in [7, 11) is -3.12. The Morgan fingerprint density at radius 3 is 2.65 bits per heavy atom. The quantitative estimate of drug-likeness (QED) is 0.752. The highest BCUT2D eigenvalue weighted by atomic mass is 32.2. The number of sulfone groups is 1. The number of carbonyl (C=O) groups is 1. The molecule has 1 amide bonds. The molecule has 100 valence electrons. The van der Waals surface area contributed by atoms with Crippen LogP contribution in [0, 0.1) is 0 Å². The van der Waals surface area contributed by atoms with E-state index in [1.807, 2.05) is 0 Å². The van der Waals surface area contributed by atoms with Gasteiger partial charge in [-0.25, -0.2) is 8.42 Å². The lowest BCUT2D eigenvalue weighted by Crippen LogP contribution is -2.50. The summed E-state index contributed by atoms with van der Waals surface area (Å²) < 4.78 is 22.2. The zero-order chi connectivity index (χ0) is 13.1. The Hall–Kier alpha value is -0.620. The van der Waals surface area contributed by atoms with Gasteiger partial charge >= 0.3 is 0 Å². The molecule has 1 aliphatic rings. The van der Waals surface area contributed by atoms with Gasteiger partial charge in [0.15, 0.2) is 9.84 Å². The molecular weight excluding hydrogens is 240 g/mol. The maximum atomic E-state index is 11.7. The number of hydrogen-bond acceptors (Lipinski definition) is 4. The van der Waals surface area contributed by atoms with Crippen molar-refractivity contribution in [2.24, 2.45) is 0 Å². The Morgan fingerprint density at radius 2 is 2.06 bits per heavy atom. The molecule has 17 heavy (non-hydrogen) atoms. The number of amides is 1. The minimum Gasteiger partial charge on any atom is -0.355 e. The van der Waals surface area contributed by atoms with Crippen LogP contribution < -0.4 is 10.6 Å². The molecule has 1 heterocycles. The highest BCUT2D eigenvalue weighted by Gasteiger charge is 2.31. The van der Waals surface area contributed by atoms with Crippen LogP contribution in [0.2, 0.25) is 0 Å². The standard InChI is InChI=1S/C11H22N2O3S/c1-11(2,17(3,15)16)8-13-9-6-4-5-7-12-10(9)14/h9,13H,4-8H2,1-3H3,(H,12,14). The van der Waals surface area contributed by atoms with E-state index in [1.165, 1.54) is 6.26 Å². The highest BCUT2D eigenvalue weighted by molar-refractivity contribution is 7.92. The van der Waals surface area contributed by atoms with Crippen LogP contribution in [0.25, 0.3) is 0 Å². The van der Waals surface area contributed by atoms with Gasteiger partial charge in [0, 0.05) is 19.3 Å². The van der Waals surface area contributed by atoms with E-state index >= 15 is 0 Å². The largest absolute Gasteiger partial charge is 0.355 e. The first kappa shape index (κ1) is 14.4. The van der Waals surface area contributed by atoms with Crippen molar-refractivity contribution in [3.05, 3.63) is 0 Å². The van der Waals surface area contributed by atoms with E-state index in [0.717, 1.165) is 19.3 Å². The minimum absolute atomic E-state index is 0.0215. The molecule has 0 aromatic rings. The number of hydrogen-bond donors (Lipinski definition) is 2. The third-order valence-corrected chi connectivity index (χ3v) is 5.47. The summed E-state index contributed by atoms with van der Waals surface area (Å²) in [6.07, 6.45) is 3.96. The van der Waals surface area contributed by atoms with Gasteiger partial charge in [0.2, 0.25) is 5.91 Å². The molecule has 6 heteroatoms. The van der Waals surface area contributed by atoms with Gasteiger partial charge in [-0.15, -0.1) is 0 Å². The zero-order valence-corrected chi connectivity index (χ0v) is 11.6. The van der Waals surface area contributed by atoms with Crippen molar-refractivity contribution in [1.82, 2.24) is 10.6 Å². The van der Waals surface area contributed by atoms with E-state index in [0.29, 0.717) is 13.1 Å². The van der Waals surface area contributed by atoms with Crippen LogP contribution in [-0.2, 0) is 14.6 Å². The van der Waals surface area contributed by atoms with Gasteiger partial charge in [0.1, 0.15) is 0 Å². The molecule has 0 aliphatic carbocycles. The third-order valence-electron chi connectivity index (χ3n) is 3.31. The van der Waals surface area contributed by atoms with E-state index in [1.54, 1.807) is 13.8 Å². The second kappa shape index (κ2) is 5.35. The fraction of sp³-hybridized carbons (Fsp3) is 0.909. The van der Waals surface area contributed by atoms with E-state index in [-0.39, 0.29) is 11.9 Å². The Balaban J connectivity index is 2.57. The molecule has 1 rings (SSSR count). The molecule has 0 aromatic carbocycles. The Morgan fingerprint density at radius 1 is 1.41 bits per heavy atom. The predicted octanol–water partition coefficient (Wildman–Crippen LogP) is 0.0679. The number of carbonyl (C=O) groups excluding carboxylic acids is 1. The molecule has 1 fully saturated rings. The van der Waals surface area contributed by atoms with Crippen LogP contribution in [-0.4, -0.2) is 44.5 Å². The monoisotopic (exact) mass is 262 g/mol. The smallest absolute Gasteiger partial charge is 0.237 e. The van der Waals surface area contributed by atoms with Crippen molar-refractivity contribution in [3.63, 3.8) is 0 Å². The predicted molar refractivity (Wildman–Crippen MR) is 67.6 cm³/mol. The molecule has 2 N–H and O–H groups in total. The first-order valence-corrected chi connectivity index (χ1v) is 7.84. The molecule has 1 atom stereocenters. The highest BCUT2D eigenvalue weighted by Crippen LogP contribution is 2.14. The van der Waals surface area contributed by atoms with Gasteiger partial charge in [0.05, 0.1) is 10.8 Å². The van der Waals surface area contributed by atoms with E-state index in [2.05, 4.69) is 10.6 Å². The van der Waals surface area contributed by atoms with Gasteiger partial charge in [-0.2, -0.15) is 0 Å². The van der Waals surface area contributed by atoms with Crippen LogP contribution in [0.1, 0.15) is 33.1 Å². The molecule has 0 saturated carbocycles. The first-order chi connectivity index (χ1) is 7.74. The van der Waals surface area contributed by atoms with Gasteiger partial charge < -0.3 is 10.6 Å². The number of nitrogens with one attached hydrogen (secondary N) is 2. The lowest BCUT2D eigenvalue weighted by atomic mass is 10.1. The Labute approximate surface area is 103 Å². The van der Waals surface area contributed by atoms with Crippen molar-refractivity contribution in [3.8, 4) is 0 Å². The Bertz CT molecular complexity index is 376. The zero-order valence-electron chi connectivity index (χ0n) is 10.7. The van der Waals surface area contributed by atoms with E-state index < -0.39 is 14.6 Å². The SMILES string of the molecule is CC(C)(CNC1CCCCNC1=O)S(C)(=O)=O. The van der Waals surface area contributed by atoms with E-state index in [4.69, 9.17) is 0 Å². The fourth-order valence-electron chi connectivity index (χ4n) is 1.63. The summed E-state index contributed by atoms with van der Waals surface area (Å²) in [4.78, 5) is 11.7. The topological polar surface area (TPSA) is 75.3 Å². The molecule has 1 aliphatic heterocycles. The van der Waals surface area contributed by atoms with Crippen molar-refractivity contribution >= 4 is 15.7 Å². The van der Waals surface area contributed by atoms with Crippen molar-refractivity contribution in [2.75, 3.05) is 19.3 Å². The summed E-state index contributed by atoms with van der Waals surface area (Å²) in [6.45, 7) is 4.35. The molecule has 1 saturated heterocycles. The maximum absolute atomic E-state index is 11.7. The van der Waals surface area contributed by atoms with Crippen LogP contribution >= 0.6 is 0 Å². The summed E-state index contributed by atoms with van der Waals surface area (Å²) in [5.41, 5.74) is 0. The summed E-state index contributed by atoms with van der Waals surface area (Å²) in [5.74, 6) is -0.0215. The second-order valence-electron chi connectivity index (χ2n) is 5.25. The molecule has 0 aromatic heterocycles. The first-order valence-electron chi connectivity index (χ1n) is 5.95. The molecule has 1 unspecified atom stereocenters. The average molecular weight is 262 g/mol. The van der Waals surface area contributed by atoms with Gasteiger partial charge in [-0.1, -0.05) is 0 Å². The number of rotatable bonds is 4. The van der Waals surface area contributed by atoms with Gasteiger partial charge in [0.25, 0.3) is 0 Å². The lowest BCUT2D eigenvalue weighted by Gasteiger charge is -2.25. The lowest BCUT2D eigenvalue weighted by molar-refractivity contribution is -0.122. The molecule has 0 radical (unpaired) electrons. The normalized spacial score (nSPS) is 23.0. The van der Waals surface area contributed by atoms with Crippen LogP contribution in [0.5, 0.6) is 0 Å². The van der Waals surface area contributed by atoms with Crippen molar-refractivity contribution in [1.29, 1.82) is 0 Å². The van der Waals surface area contributed by atoms with Crippen LogP contribution in [0.3, 0.4) is 0 Å². The van der Waals surface area contributed by atoms with Crippen molar-refractivity contribution in [2.45, 2.75) is 43.9 Å². The fourth-order valence-corrected chi connectivity index (χ4v) is 1.98.